The van der Waals surface area contributed by atoms with Gasteiger partial charge in [-0.15, -0.1) is 0 Å². The molecule has 0 unspecified atom stereocenters. The van der Waals surface area contributed by atoms with E-state index in [-0.39, 0.29) is 49.5 Å². The molecule has 4 aromatic rings. The molecule has 1 aliphatic heterocycles. The first-order valence-electron chi connectivity index (χ1n) is 31.1. The number of carbonyl (C=O) groups excluding carboxylic acids is 6. The number of benzene rings is 4. The van der Waals surface area contributed by atoms with Gasteiger partial charge in [-0.05, 0) is 98.7 Å². The third-order valence-corrected chi connectivity index (χ3v) is 21.3. The molecule has 464 valence electrons. The highest BCUT2D eigenvalue weighted by molar-refractivity contribution is 6.75. The quantitative estimate of drug-likeness (QED) is 0.0373. The minimum Gasteiger partial charge on any atom is -0.445 e. The van der Waals surface area contributed by atoms with Crippen LogP contribution in [0, 0.1) is 17.3 Å². The molecule has 17 heteroatoms. The third kappa shape index (κ3) is 18.6. The molecule has 0 aromatic heterocycles. The zero-order chi connectivity index (χ0) is 61.7. The summed E-state index contributed by atoms with van der Waals surface area (Å²) < 4.78 is 19.6. The van der Waals surface area contributed by atoms with E-state index in [2.05, 4.69) is 121 Å². The summed E-state index contributed by atoms with van der Waals surface area (Å²) in [5, 5.41) is 14.4. The molecule has 6 rings (SSSR count). The highest BCUT2D eigenvalue weighted by Gasteiger charge is 2.58. The summed E-state index contributed by atoms with van der Waals surface area (Å²) in [5.41, 5.74) is 3.42. The van der Waals surface area contributed by atoms with Crippen LogP contribution in [0.5, 0.6) is 0 Å². The maximum Gasteiger partial charge on any atom is 0.407 e. The van der Waals surface area contributed by atoms with Crippen LogP contribution >= 0.6 is 0 Å². The van der Waals surface area contributed by atoms with E-state index in [4.69, 9.17) is 13.9 Å². The fourth-order valence-corrected chi connectivity index (χ4v) is 17.3. The molecule has 0 bridgehead atoms. The SMILES string of the molecule is CCCCCCN1C[C@@H](CO[Si](C)(C)C(c2ccccc2)(c2ccccc2)C(C)(C)C)NC(=O)[C@H]([C@H](C)OCc2ccccc2)NC(=O)[C@H](CNC(=O)OCc2ccccc2)NC(=O)[C@H](C2CCCCC2)NC(=O)[C@H](CC(C)C)N(C)C(=O)[C@@H]1C. The monoisotopic (exact) mass is 1190 g/mol. The van der Waals surface area contributed by atoms with E-state index in [0.29, 0.717) is 25.8 Å². The summed E-state index contributed by atoms with van der Waals surface area (Å²) >= 11 is 0. The normalized spacial score (nSPS) is 21.9. The molecule has 0 radical (unpaired) electrons. The Hall–Kier alpha value is -6.40. The first kappa shape index (κ1) is 67.7. The van der Waals surface area contributed by atoms with Gasteiger partial charge in [-0.25, -0.2) is 4.79 Å². The Morgan fingerprint density at radius 1 is 0.694 bits per heavy atom. The van der Waals surface area contributed by atoms with Gasteiger partial charge in [-0.2, -0.15) is 0 Å². The van der Waals surface area contributed by atoms with Crippen molar-refractivity contribution < 1.29 is 42.7 Å². The van der Waals surface area contributed by atoms with Crippen LogP contribution in [0.1, 0.15) is 142 Å². The number of nitrogens with zero attached hydrogens (tertiary/aromatic N) is 2. The van der Waals surface area contributed by atoms with E-state index in [1.165, 1.54) is 4.90 Å². The maximum atomic E-state index is 15.7. The van der Waals surface area contributed by atoms with Gasteiger partial charge in [0.2, 0.25) is 37.9 Å². The van der Waals surface area contributed by atoms with Crippen LogP contribution in [0.2, 0.25) is 13.1 Å². The Bertz CT molecular complexity index is 2690. The lowest BCUT2D eigenvalue weighted by Gasteiger charge is -2.54. The second-order valence-corrected chi connectivity index (χ2v) is 29.5. The summed E-state index contributed by atoms with van der Waals surface area (Å²) in [7, 11) is -1.43. The summed E-state index contributed by atoms with van der Waals surface area (Å²) in [4.78, 5) is 93.5. The van der Waals surface area contributed by atoms with Crippen molar-refractivity contribution in [2.24, 2.45) is 17.3 Å². The van der Waals surface area contributed by atoms with Gasteiger partial charge in [-0.1, -0.05) is 201 Å². The molecular formula is C68H99N7O9Si. The van der Waals surface area contributed by atoms with Crippen molar-refractivity contribution in [1.82, 2.24) is 36.4 Å². The first-order valence-corrected chi connectivity index (χ1v) is 34.1. The molecule has 7 atom stereocenters. The molecule has 16 nitrogen and oxygen atoms in total. The van der Waals surface area contributed by atoms with Gasteiger partial charge in [-0.3, -0.25) is 28.9 Å². The van der Waals surface area contributed by atoms with Crippen molar-refractivity contribution in [2.45, 2.75) is 193 Å². The lowest BCUT2D eigenvalue weighted by molar-refractivity contribution is -0.144. The van der Waals surface area contributed by atoms with Crippen molar-refractivity contribution >= 4 is 43.9 Å². The minimum absolute atomic E-state index is 0.0182. The van der Waals surface area contributed by atoms with Gasteiger partial charge in [0.05, 0.1) is 37.9 Å². The average Bonchev–Trinajstić information content (AvgIpc) is 0.786. The van der Waals surface area contributed by atoms with Crippen LogP contribution in [0.15, 0.2) is 121 Å². The molecule has 4 aromatic carbocycles. The molecular weight excluding hydrogens is 1090 g/mol. The summed E-state index contributed by atoms with van der Waals surface area (Å²) in [6.07, 6.45) is 6.12. The van der Waals surface area contributed by atoms with Gasteiger partial charge in [0.15, 0.2) is 0 Å². The van der Waals surface area contributed by atoms with Gasteiger partial charge >= 0.3 is 6.09 Å². The second-order valence-electron chi connectivity index (χ2n) is 25.5. The smallest absolute Gasteiger partial charge is 0.407 e. The Labute approximate surface area is 508 Å². The molecule has 2 aliphatic rings. The number of hydrogen-bond acceptors (Lipinski definition) is 10. The van der Waals surface area contributed by atoms with Crippen molar-refractivity contribution in [3.8, 4) is 0 Å². The van der Waals surface area contributed by atoms with E-state index >= 15 is 24.0 Å². The van der Waals surface area contributed by atoms with Crippen LogP contribution in [-0.2, 0) is 56.1 Å². The standard InChI is InChI=1S/C68H99N7O9Si/c1-12-13-14-30-41-75-44-56(47-84-85(10,11)68(67(6,7)8,54-37-26-18-27-38-54)55-39-28-19-29-40-55)70-63(78)59(50(5)82-45-51-31-20-15-21-32-51)72-61(76)57(43-69-66(81)83-46-52-33-22-16-23-34-52)71-64(79)60(53-35-24-17-25-36-53)73-62(77)58(42-48(2)3)74(9)65(80)49(75)4/h15-16,18-23,26-29,31-34,37-40,48-50,53,56-60H,12-14,17,24-25,30,35-36,41-47H2,1-11H3,(H,69,81)(H,70,78)(H,71,79)(H,72,76)(H,73,77)/t49-,50-,56-,57-,58-,59-,60-/m0/s1. The van der Waals surface area contributed by atoms with Crippen LogP contribution in [-0.4, -0.2) is 129 Å². The van der Waals surface area contributed by atoms with Crippen LogP contribution < -0.4 is 26.6 Å². The lowest BCUT2D eigenvalue weighted by atomic mass is 9.71. The average molecular weight is 1190 g/mol. The maximum absolute atomic E-state index is 15.7. The number of unbranched alkanes of at least 4 members (excludes halogenated alkanes) is 3. The highest BCUT2D eigenvalue weighted by atomic mass is 28.4. The van der Waals surface area contributed by atoms with Gasteiger partial charge < -0.3 is 45.4 Å². The van der Waals surface area contributed by atoms with E-state index < -0.39 is 92.0 Å². The number of carbonyl (C=O) groups is 6. The number of likely N-dealkylation sites (N-methyl/N-ethyl adjacent to an activating group) is 1. The van der Waals surface area contributed by atoms with Crippen LogP contribution in [0.3, 0.4) is 0 Å². The molecule has 2 fully saturated rings. The van der Waals surface area contributed by atoms with E-state index in [1.807, 2.05) is 93.6 Å². The van der Waals surface area contributed by atoms with E-state index in [0.717, 1.165) is 67.2 Å². The summed E-state index contributed by atoms with van der Waals surface area (Å²) in [6.45, 7) is 21.2. The van der Waals surface area contributed by atoms with E-state index in [9.17, 15) is 4.79 Å². The predicted molar refractivity (Wildman–Crippen MR) is 337 cm³/mol. The Morgan fingerprint density at radius 2 is 1.26 bits per heavy atom. The topological polar surface area (TPSA) is 197 Å². The zero-order valence-electron chi connectivity index (χ0n) is 52.6. The zero-order valence-corrected chi connectivity index (χ0v) is 53.6. The molecule has 1 aliphatic carbocycles. The minimum atomic E-state index is -3.09. The number of hydrogen-bond donors (Lipinski definition) is 5. The van der Waals surface area contributed by atoms with Crippen molar-refractivity contribution in [3.05, 3.63) is 144 Å². The van der Waals surface area contributed by atoms with Gasteiger partial charge in [0.1, 0.15) is 30.8 Å². The Balaban J connectivity index is 1.48. The number of alkyl carbamates (subject to hydrolysis) is 1. The number of rotatable bonds is 22. The van der Waals surface area contributed by atoms with Crippen molar-refractivity contribution in [3.63, 3.8) is 0 Å². The number of amides is 6. The number of ether oxygens (including phenoxy) is 2. The largest absolute Gasteiger partial charge is 0.445 e. The predicted octanol–water partition coefficient (Wildman–Crippen LogP) is 9.99. The van der Waals surface area contributed by atoms with E-state index in [1.54, 1.807) is 14.0 Å². The van der Waals surface area contributed by atoms with Crippen molar-refractivity contribution in [1.29, 1.82) is 0 Å². The third-order valence-electron chi connectivity index (χ3n) is 17.3. The molecule has 0 spiro atoms. The molecule has 5 N–H and O–H groups in total. The highest BCUT2D eigenvalue weighted by Crippen LogP contribution is 2.53. The van der Waals surface area contributed by atoms with Gasteiger partial charge in [0, 0.05) is 18.6 Å². The molecule has 1 heterocycles. The molecule has 85 heavy (non-hydrogen) atoms. The second kappa shape index (κ2) is 32.4. The fourth-order valence-electron chi connectivity index (χ4n) is 12.9. The summed E-state index contributed by atoms with van der Waals surface area (Å²) in [5.74, 6) is -3.07. The fraction of sp³-hybridized carbons (Fsp3) is 0.559. The van der Waals surface area contributed by atoms with Crippen LogP contribution in [0.25, 0.3) is 0 Å². The lowest BCUT2D eigenvalue weighted by Crippen LogP contribution is -2.65. The molecule has 6 amide bonds. The summed E-state index contributed by atoms with van der Waals surface area (Å²) in [6, 6.07) is 33.2. The van der Waals surface area contributed by atoms with Crippen molar-refractivity contribution in [2.75, 3.05) is 33.3 Å². The van der Waals surface area contributed by atoms with Crippen LogP contribution in [0.4, 0.5) is 4.79 Å². The first-order chi connectivity index (χ1) is 40.6. The number of nitrogens with one attached hydrogen (secondary N) is 5. The van der Waals surface area contributed by atoms with Gasteiger partial charge in [0.25, 0.3) is 0 Å². The Kier molecular flexibility index (Phi) is 25.8. The molecule has 1 saturated heterocycles. The molecule has 1 saturated carbocycles. The Morgan fingerprint density at radius 3 is 1.81 bits per heavy atom.